The lowest BCUT2D eigenvalue weighted by molar-refractivity contribution is 0.104. The summed E-state index contributed by atoms with van der Waals surface area (Å²) in [6.07, 6.45) is 0.668. The van der Waals surface area contributed by atoms with E-state index in [1.54, 1.807) is 4.90 Å². The highest BCUT2D eigenvalue weighted by molar-refractivity contribution is 5.89. The predicted molar refractivity (Wildman–Crippen MR) is 101 cm³/mol. The van der Waals surface area contributed by atoms with Crippen LogP contribution in [0.4, 0.5) is 10.5 Å². The molecule has 1 fully saturated rings. The summed E-state index contributed by atoms with van der Waals surface area (Å²) in [7, 11) is 0. The summed E-state index contributed by atoms with van der Waals surface area (Å²) in [4.78, 5) is 16.3. The van der Waals surface area contributed by atoms with Crippen molar-refractivity contribution in [1.29, 1.82) is 0 Å². The molecule has 0 saturated carbocycles. The van der Waals surface area contributed by atoms with E-state index in [4.69, 9.17) is 9.47 Å². The molecular weight excluding hydrogens is 328 g/mol. The summed E-state index contributed by atoms with van der Waals surface area (Å²) in [5.41, 5.74) is 3.59. The highest BCUT2D eigenvalue weighted by Gasteiger charge is 2.33. The lowest BCUT2D eigenvalue weighted by Crippen LogP contribution is -2.38. The zero-order valence-corrected chi connectivity index (χ0v) is 15.1. The van der Waals surface area contributed by atoms with Crippen molar-refractivity contribution in [3.8, 4) is 5.75 Å². The summed E-state index contributed by atoms with van der Waals surface area (Å²) in [5, 5.41) is 0. The van der Waals surface area contributed by atoms with Crippen molar-refractivity contribution in [3.63, 3.8) is 0 Å². The molecule has 0 radical (unpaired) electrons. The number of benzene rings is 2. The first-order chi connectivity index (χ1) is 12.7. The van der Waals surface area contributed by atoms with Gasteiger partial charge in [0, 0.05) is 25.3 Å². The average molecular weight is 352 g/mol. The normalized spacial score (nSPS) is 20.0. The third-order valence-corrected chi connectivity index (χ3v) is 4.98. The Morgan fingerprint density at radius 3 is 2.81 bits per heavy atom. The molecule has 0 N–H and O–H groups in total. The van der Waals surface area contributed by atoms with Crippen LogP contribution in [-0.2, 0) is 17.7 Å². The van der Waals surface area contributed by atoms with E-state index < -0.39 is 0 Å². The molecule has 4 rings (SSSR count). The molecule has 5 nitrogen and oxygen atoms in total. The molecule has 2 aliphatic heterocycles. The third kappa shape index (κ3) is 3.53. The molecule has 1 saturated heterocycles. The molecule has 0 aliphatic carbocycles. The number of hydrogen-bond acceptors (Lipinski definition) is 4. The van der Waals surface area contributed by atoms with Crippen molar-refractivity contribution in [1.82, 2.24) is 4.90 Å². The number of anilines is 1. The molecule has 2 aromatic carbocycles. The molecule has 5 heteroatoms. The van der Waals surface area contributed by atoms with Gasteiger partial charge in [0.25, 0.3) is 0 Å². The number of carbonyl (C=O) groups excluding carboxylic acids is 1. The minimum atomic E-state index is -0.253. The van der Waals surface area contributed by atoms with Crippen molar-refractivity contribution in [3.05, 3.63) is 59.7 Å². The highest BCUT2D eigenvalue weighted by atomic mass is 16.6. The Morgan fingerprint density at radius 1 is 1.15 bits per heavy atom. The number of carbonyl (C=O) groups is 1. The first-order valence-electron chi connectivity index (χ1n) is 9.23. The predicted octanol–water partition coefficient (Wildman–Crippen LogP) is 3.47. The van der Waals surface area contributed by atoms with Gasteiger partial charge in [-0.3, -0.25) is 9.80 Å². The van der Waals surface area contributed by atoms with Gasteiger partial charge < -0.3 is 9.47 Å². The third-order valence-electron chi connectivity index (χ3n) is 4.98. The summed E-state index contributed by atoms with van der Waals surface area (Å²) in [6.45, 7) is 5.89. The summed E-state index contributed by atoms with van der Waals surface area (Å²) >= 11 is 0. The van der Waals surface area contributed by atoms with Gasteiger partial charge in [0.2, 0.25) is 0 Å². The standard InChI is InChI=1S/C21H24N2O3/c1-2-25-19-9-8-16-10-11-22(13-17(16)12-19)14-20-15-23(21(24)26-20)18-6-4-3-5-7-18/h3-9,12,20H,2,10-11,13-15H2,1H3. The number of hydrogen-bond donors (Lipinski definition) is 0. The number of fused-ring (bicyclic) bond motifs is 1. The number of ether oxygens (including phenoxy) is 2. The average Bonchev–Trinajstić information content (AvgIpc) is 3.02. The van der Waals surface area contributed by atoms with Gasteiger partial charge in [0.15, 0.2) is 0 Å². The first-order valence-corrected chi connectivity index (χ1v) is 9.23. The van der Waals surface area contributed by atoms with E-state index in [2.05, 4.69) is 23.1 Å². The van der Waals surface area contributed by atoms with Gasteiger partial charge in [0.05, 0.1) is 13.2 Å². The van der Waals surface area contributed by atoms with E-state index in [-0.39, 0.29) is 12.2 Å². The van der Waals surface area contributed by atoms with E-state index in [9.17, 15) is 4.79 Å². The van der Waals surface area contributed by atoms with Crippen LogP contribution in [0.25, 0.3) is 0 Å². The van der Waals surface area contributed by atoms with E-state index in [0.717, 1.165) is 37.5 Å². The van der Waals surface area contributed by atoms with Gasteiger partial charge in [-0.25, -0.2) is 4.79 Å². The molecule has 26 heavy (non-hydrogen) atoms. The van der Waals surface area contributed by atoms with Gasteiger partial charge in [-0.2, -0.15) is 0 Å². The molecule has 1 unspecified atom stereocenters. The lowest BCUT2D eigenvalue weighted by Gasteiger charge is -2.30. The SMILES string of the molecule is CCOc1ccc2c(c1)CN(CC1CN(c3ccccc3)C(=O)O1)CC2. The van der Waals surface area contributed by atoms with Crippen LogP contribution in [0.15, 0.2) is 48.5 Å². The van der Waals surface area contributed by atoms with Crippen LogP contribution in [-0.4, -0.2) is 43.3 Å². The van der Waals surface area contributed by atoms with Gasteiger partial charge in [0.1, 0.15) is 11.9 Å². The Labute approximate surface area is 154 Å². The maximum Gasteiger partial charge on any atom is 0.414 e. The van der Waals surface area contributed by atoms with Crippen LogP contribution in [0, 0.1) is 0 Å². The molecule has 2 aromatic rings. The zero-order valence-electron chi connectivity index (χ0n) is 15.1. The number of nitrogens with zero attached hydrogens (tertiary/aromatic N) is 2. The Bertz CT molecular complexity index is 778. The van der Waals surface area contributed by atoms with E-state index in [1.807, 2.05) is 37.3 Å². The van der Waals surface area contributed by atoms with Crippen LogP contribution >= 0.6 is 0 Å². The minimum absolute atomic E-state index is 0.0978. The monoisotopic (exact) mass is 352 g/mol. The second kappa shape index (κ2) is 7.38. The van der Waals surface area contributed by atoms with Crippen LogP contribution < -0.4 is 9.64 Å². The maximum atomic E-state index is 12.2. The smallest absolute Gasteiger partial charge is 0.414 e. The van der Waals surface area contributed by atoms with Crippen LogP contribution in [0.3, 0.4) is 0 Å². The van der Waals surface area contributed by atoms with E-state index in [0.29, 0.717) is 13.2 Å². The first kappa shape index (κ1) is 16.9. The Hall–Kier alpha value is -2.53. The van der Waals surface area contributed by atoms with E-state index >= 15 is 0 Å². The van der Waals surface area contributed by atoms with Crippen molar-refractivity contribution in [2.75, 3.05) is 31.1 Å². The fraction of sp³-hybridized carbons (Fsp3) is 0.381. The number of rotatable bonds is 5. The Morgan fingerprint density at radius 2 is 2.00 bits per heavy atom. The van der Waals surface area contributed by atoms with Gasteiger partial charge >= 0.3 is 6.09 Å². The molecule has 1 amide bonds. The maximum absolute atomic E-state index is 12.2. The Balaban J connectivity index is 1.40. The van der Waals surface area contributed by atoms with Crippen molar-refractivity contribution in [2.45, 2.75) is 26.0 Å². The molecule has 136 valence electrons. The number of para-hydroxylation sites is 1. The second-order valence-corrected chi connectivity index (χ2v) is 6.80. The van der Waals surface area contributed by atoms with Crippen molar-refractivity contribution < 1.29 is 14.3 Å². The fourth-order valence-corrected chi connectivity index (χ4v) is 3.73. The minimum Gasteiger partial charge on any atom is -0.494 e. The van der Waals surface area contributed by atoms with E-state index in [1.165, 1.54) is 11.1 Å². The van der Waals surface area contributed by atoms with Crippen molar-refractivity contribution in [2.24, 2.45) is 0 Å². The summed E-state index contributed by atoms with van der Waals surface area (Å²) < 4.78 is 11.2. The molecule has 2 heterocycles. The van der Waals surface area contributed by atoms with Crippen LogP contribution in [0.5, 0.6) is 5.75 Å². The fourth-order valence-electron chi connectivity index (χ4n) is 3.73. The summed E-state index contributed by atoms with van der Waals surface area (Å²) in [5.74, 6) is 0.927. The van der Waals surface area contributed by atoms with Crippen LogP contribution in [0.2, 0.25) is 0 Å². The number of cyclic esters (lactones) is 1. The molecule has 0 bridgehead atoms. The highest BCUT2D eigenvalue weighted by Crippen LogP contribution is 2.26. The molecule has 0 spiro atoms. The molecular formula is C21H24N2O3. The molecule has 1 atom stereocenters. The number of amides is 1. The van der Waals surface area contributed by atoms with Crippen LogP contribution in [0.1, 0.15) is 18.1 Å². The topological polar surface area (TPSA) is 42.0 Å². The molecule has 2 aliphatic rings. The second-order valence-electron chi connectivity index (χ2n) is 6.80. The van der Waals surface area contributed by atoms with Gasteiger partial charge in [-0.05, 0) is 48.7 Å². The summed E-state index contributed by atoms with van der Waals surface area (Å²) in [6, 6.07) is 16.1. The zero-order chi connectivity index (χ0) is 17.9. The van der Waals surface area contributed by atoms with Crippen molar-refractivity contribution >= 4 is 11.8 Å². The van der Waals surface area contributed by atoms with Gasteiger partial charge in [-0.1, -0.05) is 24.3 Å². The Kier molecular flexibility index (Phi) is 4.80. The molecule has 0 aromatic heterocycles. The largest absolute Gasteiger partial charge is 0.494 e. The lowest BCUT2D eigenvalue weighted by atomic mass is 9.99. The quantitative estimate of drug-likeness (QED) is 0.826. The van der Waals surface area contributed by atoms with Gasteiger partial charge in [-0.15, -0.1) is 0 Å².